The zero-order valence-corrected chi connectivity index (χ0v) is 18.7. The number of hydrogen-bond acceptors (Lipinski definition) is 5. The van der Waals surface area contributed by atoms with Gasteiger partial charge in [0.25, 0.3) is 0 Å². The molecule has 3 heterocycles. The van der Waals surface area contributed by atoms with E-state index in [1.54, 1.807) is 6.07 Å². The van der Waals surface area contributed by atoms with E-state index < -0.39 is 0 Å². The molecule has 0 atom stereocenters. The van der Waals surface area contributed by atoms with Crippen molar-refractivity contribution in [3.05, 3.63) is 100 Å². The normalized spacial score (nSPS) is 13.0. The zero-order chi connectivity index (χ0) is 21.9. The predicted molar refractivity (Wildman–Crippen MR) is 130 cm³/mol. The first-order chi connectivity index (χ1) is 15.6. The van der Waals surface area contributed by atoms with Gasteiger partial charge in [-0.1, -0.05) is 60.1 Å². The summed E-state index contributed by atoms with van der Waals surface area (Å²) in [6, 6.07) is 23.0. The Morgan fingerprint density at radius 1 is 0.938 bits per heavy atom. The van der Waals surface area contributed by atoms with Gasteiger partial charge in [-0.05, 0) is 53.3 Å². The summed E-state index contributed by atoms with van der Waals surface area (Å²) < 4.78 is 0. The molecule has 0 unspecified atom stereocenters. The highest BCUT2D eigenvalue weighted by Crippen LogP contribution is 2.25. The molecule has 32 heavy (non-hydrogen) atoms. The average molecular weight is 442 g/mol. The number of benzene rings is 2. The lowest BCUT2D eigenvalue weighted by molar-refractivity contribution is 0.708. The maximum absolute atomic E-state index is 6.33. The Balaban J connectivity index is 1.28. The third-order valence-electron chi connectivity index (χ3n) is 5.75. The van der Waals surface area contributed by atoms with Crippen LogP contribution >= 0.6 is 11.6 Å². The van der Waals surface area contributed by atoms with Gasteiger partial charge in [-0.2, -0.15) is 4.98 Å². The first-order valence-electron chi connectivity index (χ1n) is 10.8. The molecule has 2 aromatic heterocycles. The quantitative estimate of drug-likeness (QED) is 0.404. The molecule has 0 saturated carbocycles. The summed E-state index contributed by atoms with van der Waals surface area (Å²) in [5.41, 5.74) is 7.25. The summed E-state index contributed by atoms with van der Waals surface area (Å²) in [4.78, 5) is 15.7. The molecule has 5 nitrogen and oxygen atoms in total. The number of rotatable bonds is 5. The smallest absolute Gasteiger partial charge is 0.229 e. The maximum Gasteiger partial charge on any atom is 0.229 e. The third kappa shape index (κ3) is 4.58. The Labute approximate surface area is 193 Å². The molecule has 1 N–H and O–H groups in total. The van der Waals surface area contributed by atoms with E-state index in [0.29, 0.717) is 17.6 Å². The molecule has 0 spiro atoms. The first-order valence-corrected chi connectivity index (χ1v) is 11.1. The Morgan fingerprint density at radius 3 is 2.56 bits per heavy atom. The van der Waals surface area contributed by atoms with Gasteiger partial charge in [0.05, 0.1) is 0 Å². The van der Waals surface area contributed by atoms with Gasteiger partial charge >= 0.3 is 0 Å². The van der Waals surface area contributed by atoms with Crippen LogP contribution < -0.4 is 10.2 Å². The van der Waals surface area contributed by atoms with Crippen LogP contribution in [0.3, 0.4) is 0 Å². The van der Waals surface area contributed by atoms with Gasteiger partial charge < -0.3 is 10.2 Å². The molecule has 0 amide bonds. The van der Waals surface area contributed by atoms with Crippen LogP contribution in [0.4, 0.5) is 11.8 Å². The highest BCUT2D eigenvalue weighted by atomic mass is 35.5. The van der Waals surface area contributed by atoms with Gasteiger partial charge in [0.1, 0.15) is 11.0 Å². The molecule has 4 aromatic rings. The van der Waals surface area contributed by atoms with Gasteiger partial charge in [0.2, 0.25) is 5.95 Å². The fourth-order valence-corrected chi connectivity index (χ4v) is 4.22. The second-order valence-corrected chi connectivity index (χ2v) is 8.44. The van der Waals surface area contributed by atoms with Crippen molar-refractivity contribution in [3.63, 3.8) is 0 Å². The van der Waals surface area contributed by atoms with E-state index in [0.717, 1.165) is 31.0 Å². The summed E-state index contributed by atoms with van der Waals surface area (Å²) in [6.45, 7) is 4.34. The van der Waals surface area contributed by atoms with Gasteiger partial charge in [0.15, 0.2) is 0 Å². The number of hydrogen-bond donors (Lipinski definition) is 1. The van der Waals surface area contributed by atoms with Crippen LogP contribution in [0.25, 0.3) is 11.1 Å². The molecule has 1 aliphatic rings. The molecule has 0 bridgehead atoms. The van der Waals surface area contributed by atoms with Crippen molar-refractivity contribution in [3.8, 4) is 11.1 Å². The number of aryl methyl sites for hydroxylation is 1. The summed E-state index contributed by atoms with van der Waals surface area (Å²) in [7, 11) is 0. The van der Waals surface area contributed by atoms with E-state index in [1.807, 2.05) is 19.2 Å². The molecule has 6 heteroatoms. The van der Waals surface area contributed by atoms with Gasteiger partial charge in [0, 0.05) is 37.6 Å². The lowest BCUT2D eigenvalue weighted by Crippen LogP contribution is -2.31. The Hall–Kier alpha value is -3.44. The number of pyridine rings is 1. The molecular weight excluding hydrogens is 418 g/mol. The Kier molecular flexibility index (Phi) is 5.73. The SMILES string of the molecule is Cc1cc(-c2ccc(CNc3cc(Cl)nc(N4CCc5ccccc5C4)n3)cc2)ccn1. The molecule has 1 aliphatic heterocycles. The number of fused-ring (bicyclic) bond motifs is 1. The summed E-state index contributed by atoms with van der Waals surface area (Å²) in [5.74, 6) is 1.39. The van der Waals surface area contributed by atoms with Crippen molar-refractivity contribution in [2.24, 2.45) is 0 Å². The monoisotopic (exact) mass is 441 g/mol. The van der Waals surface area contributed by atoms with Crippen LogP contribution in [0, 0.1) is 6.92 Å². The van der Waals surface area contributed by atoms with E-state index in [2.05, 4.69) is 74.8 Å². The van der Waals surface area contributed by atoms with E-state index in [1.165, 1.54) is 27.8 Å². The number of nitrogens with one attached hydrogen (secondary N) is 1. The highest BCUT2D eigenvalue weighted by Gasteiger charge is 2.19. The van der Waals surface area contributed by atoms with Crippen molar-refractivity contribution in [1.82, 2.24) is 15.0 Å². The molecule has 0 aliphatic carbocycles. The van der Waals surface area contributed by atoms with Crippen molar-refractivity contribution < 1.29 is 0 Å². The summed E-state index contributed by atoms with van der Waals surface area (Å²) >= 11 is 6.33. The van der Waals surface area contributed by atoms with Crippen molar-refractivity contribution in [2.75, 3.05) is 16.8 Å². The van der Waals surface area contributed by atoms with E-state index in [9.17, 15) is 0 Å². The highest BCUT2D eigenvalue weighted by molar-refractivity contribution is 6.29. The van der Waals surface area contributed by atoms with Crippen LogP contribution in [0.2, 0.25) is 5.15 Å². The molecule has 2 aromatic carbocycles. The maximum atomic E-state index is 6.33. The van der Waals surface area contributed by atoms with Crippen LogP contribution in [0.5, 0.6) is 0 Å². The lowest BCUT2D eigenvalue weighted by Gasteiger charge is -2.29. The van der Waals surface area contributed by atoms with Crippen molar-refractivity contribution in [2.45, 2.75) is 26.4 Å². The minimum Gasteiger partial charge on any atom is -0.366 e. The molecule has 0 fully saturated rings. The number of halogens is 1. The minimum absolute atomic E-state index is 0.444. The molecule has 160 valence electrons. The second kappa shape index (κ2) is 8.97. The zero-order valence-electron chi connectivity index (χ0n) is 17.9. The average Bonchev–Trinajstić information content (AvgIpc) is 2.82. The Morgan fingerprint density at radius 2 is 1.75 bits per heavy atom. The van der Waals surface area contributed by atoms with E-state index in [4.69, 9.17) is 16.6 Å². The molecular formula is C26H24ClN5. The van der Waals surface area contributed by atoms with Crippen molar-refractivity contribution in [1.29, 1.82) is 0 Å². The van der Waals surface area contributed by atoms with E-state index >= 15 is 0 Å². The van der Waals surface area contributed by atoms with Gasteiger partial charge in [-0.25, -0.2) is 4.98 Å². The number of anilines is 2. The second-order valence-electron chi connectivity index (χ2n) is 8.05. The van der Waals surface area contributed by atoms with Crippen LogP contribution in [-0.4, -0.2) is 21.5 Å². The van der Waals surface area contributed by atoms with Crippen LogP contribution in [0.1, 0.15) is 22.4 Å². The fourth-order valence-electron chi connectivity index (χ4n) is 4.04. The van der Waals surface area contributed by atoms with Crippen molar-refractivity contribution >= 4 is 23.4 Å². The standard InChI is InChI=1S/C26H24ClN5/c1-18-14-22(10-12-28-18)21-8-6-19(7-9-21)16-29-25-15-24(27)30-26(31-25)32-13-11-20-4-2-3-5-23(20)17-32/h2-10,12,14-15H,11,13,16-17H2,1H3,(H,29,30,31). The molecule has 5 rings (SSSR count). The predicted octanol–water partition coefficient (Wildman–Crippen LogP) is 5.68. The van der Waals surface area contributed by atoms with E-state index in [-0.39, 0.29) is 0 Å². The number of aromatic nitrogens is 3. The number of nitrogens with zero attached hydrogens (tertiary/aromatic N) is 4. The summed E-state index contributed by atoms with van der Waals surface area (Å²) in [5, 5.41) is 3.84. The fraction of sp³-hybridized carbons (Fsp3) is 0.192. The molecule has 0 saturated heterocycles. The van der Waals surface area contributed by atoms with Gasteiger partial charge in [-0.3, -0.25) is 4.98 Å². The first kappa shape index (κ1) is 20.5. The van der Waals surface area contributed by atoms with Crippen LogP contribution in [0.15, 0.2) is 72.9 Å². The van der Waals surface area contributed by atoms with Gasteiger partial charge in [-0.15, -0.1) is 0 Å². The van der Waals surface area contributed by atoms with Crippen LogP contribution in [-0.2, 0) is 19.5 Å². The lowest BCUT2D eigenvalue weighted by atomic mass is 10.0. The minimum atomic E-state index is 0.444. The third-order valence-corrected chi connectivity index (χ3v) is 5.95. The largest absolute Gasteiger partial charge is 0.366 e. The topological polar surface area (TPSA) is 53.9 Å². The summed E-state index contributed by atoms with van der Waals surface area (Å²) in [6.07, 6.45) is 2.83. The molecule has 0 radical (unpaired) electrons. The Bertz CT molecular complexity index is 1240.